The van der Waals surface area contributed by atoms with E-state index in [1.54, 1.807) is 12.1 Å². The van der Waals surface area contributed by atoms with Crippen LogP contribution < -0.4 is 0 Å². The first-order valence-electron chi connectivity index (χ1n) is 7.34. The minimum absolute atomic E-state index is 0.0125. The van der Waals surface area contributed by atoms with Crippen LogP contribution in [0.15, 0.2) is 24.3 Å². The summed E-state index contributed by atoms with van der Waals surface area (Å²) in [6, 6.07) is 6.18. The van der Waals surface area contributed by atoms with Crippen molar-refractivity contribution in [1.29, 1.82) is 0 Å². The van der Waals surface area contributed by atoms with E-state index in [-0.39, 0.29) is 17.9 Å². The van der Waals surface area contributed by atoms with Crippen LogP contribution >= 0.6 is 0 Å². The molecule has 0 spiro atoms. The van der Waals surface area contributed by atoms with Crippen LogP contribution in [-0.2, 0) is 16.4 Å². The van der Waals surface area contributed by atoms with Crippen LogP contribution in [0.5, 0.6) is 0 Å². The maximum Gasteiger partial charge on any atom is 0.395 e. The van der Waals surface area contributed by atoms with Crippen molar-refractivity contribution in [3.63, 3.8) is 0 Å². The molecular weight excluding hydrogens is 331 g/mol. The van der Waals surface area contributed by atoms with Crippen molar-refractivity contribution in [3.8, 4) is 0 Å². The molecule has 0 radical (unpaired) electrons. The lowest BCUT2D eigenvalue weighted by atomic mass is 9.99. The molecule has 1 saturated heterocycles. The van der Waals surface area contributed by atoms with Crippen LogP contribution in [0.4, 0.5) is 13.2 Å². The van der Waals surface area contributed by atoms with Gasteiger partial charge < -0.3 is 5.11 Å². The predicted molar refractivity (Wildman–Crippen MR) is 80.8 cm³/mol. The van der Waals surface area contributed by atoms with E-state index in [0.29, 0.717) is 13.1 Å². The molecule has 0 saturated carbocycles. The van der Waals surface area contributed by atoms with Crippen molar-refractivity contribution < 1.29 is 26.7 Å². The van der Waals surface area contributed by atoms with E-state index >= 15 is 0 Å². The monoisotopic (exact) mass is 351 g/mol. The Balaban J connectivity index is 2.02. The number of aliphatic hydroxyl groups is 1. The summed E-state index contributed by atoms with van der Waals surface area (Å²) >= 11 is 0. The second-order valence-corrected chi connectivity index (χ2v) is 8.31. The molecule has 4 nitrogen and oxygen atoms in total. The smallest absolute Gasteiger partial charge is 0.395 e. The number of halogens is 3. The van der Waals surface area contributed by atoms with E-state index in [1.807, 2.05) is 4.90 Å². The normalized spacial score (nSPS) is 23.6. The van der Waals surface area contributed by atoms with Crippen molar-refractivity contribution in [1.82, 2.24) is 4.90 Å². The van der Waals surface area contributed by atoms with Crippen molar-refractivity contribution >= 4 is 9.84 Å². The Kier molecular flexibility index (Phi) is 5.37. The van der Waals surface area contributed by atoms with E-state index in [9.17, 15) is 26.7 Å². The number of rotatable bonds is 4. The molecule has 0 aromatic heterocycles. The molecule has 1 aliphatic rings. The third-order valence-electron chi connectivity index (χ3n) is 4.24. The number of benzene rings is 1. The Morgan fingerprint density at radius 3 is 2.43 bits per heavy atom. The van der Waals surface area contributed by atoms with Crippen LogP contribution in [0.2, 0.25) is 0 Å². The molecule has 2 rings (SSSR count). The van der Waals surface area contributed by atoms with Crippen LogP contribution in [0.25, 0.3) is 0 Å². The quantitative estimate of drug-likeness (QED) is 0.901. The van der Waals surface area contributed by atoms with E-state index in [4.69, 9.17) is 0 Å². The van der Waals surface area contributed by atoms with E-state index in [1.165, 1.54) is 12.1 Å². The molecule has 1 N–H and O–H groups in total. The van der Waals surface area contributed by atoms with Crippen LogP contribution in [0.3, 0.4) is 0 Å². The minimum atomic E-state index is -4.27. The van der Waals surface area contributed by atoms with Gasteiger partial charge in [-0.3, -0.25) is 4.90 Å². The fourth-order valence-electron chi connectivity index (χ4n) is 2.59. The first-order chi connectivity index (χ1) is 10.6. The SMILES string of the molecule is CC(c1ccc(CN2CCS(=O)(=O)C(CO)C2)cc1)C(F)(F)F. The molecule has 23 heavy (non-hydrogen) atoms. The summed E-state index contributed by atoms with van der Waals surface area (Å²) in [4.78, 5) is 1.89. The largest absolute Gasteiger partial charge is 0.395 e. The Hall–Kier alpha value is -1.12. The molecule has 130 valence electrons. The lowest BCUT2D eigenvalue weighted by Gasteiger charge is -2.31. The lowest BCUT2D eigenvalue weighted by molar-refractivity contribution is -0.146. The highest BCUT2D eigenvalue weighted by Crippen LogP contribution is 2.34. The second kappa shape index (κ2) is 6.78. The van der Waals surface area contributed by atoms with E-state index in [2.05, 4.69) is 0 Å². The number of aliphatic hydroxyl groups excluding tert-OH is 1. The number of alkyl halides is 3. The molecule has 0 aliphatic carbocycles. The molecule has 1 aromatic rings. The average Bonchev–Trinajstić information content (AvgIpc) is 2.48. The fourth-order valence-corrected chi connectivity index (χ4v) is 4.10. The molecular formula is C15H20F3NO3S. The standard InChI is InChI=1S/C15H20F3NO3S/c1-11(15(16,17)18)13-4-2-12(3-5-13)8-19-6-7-23(21,22)14(9-19)10-20/h2-5,11,14,20H,6-10H2,1H3. The van der Waals surface area contributed by atoms with Crippen molar-refractivity contribution in [2.45, 2.75) is 30.8 Å². The van der Waals surface area contributed by atoms with Gasteiger partial charge in [0.05, 0.1) is 23.5 Å². The van der Waals surface area contributed by atoms with Gasteiger partial charge in [0.2, 0.25) is 0 Å². The Morgan fingerprint density at radius 1 is 1.30 bits per heavy atom. The summed E-state index contributed by atoms with van der Waals surface area (Å²) in [5.41, 5.74) is 1.02. The zero-order valence-corrected chi connectivity index (χ0v) is 13.6. The Labute approximate surface area is 133 Å². The van der Waals surface area contributed by atoms with Gasteiger partial charge in [-0.2, -0.15) is 13.2 Å². The second-order valence-electron chi connectivity index (χ2n) is 5.91. The highest BCUT2D eigenvalue weighted by molar-refractivity contribution is 7.92. The van der Waals surface area contributed by atoms with Gasteiger partial charge in [-0.05, 0) is 18.1 Å². The number of nitrogens with zero attached hydrogens (tertiary/aromatic N) is 1. The maximum absolute atomic E-state index is 12.7. The van der Waals surface area contributed by atoms with Gasteiger partial charge in [0.25, 0.3) is 0 Å². The topological polar surface area (TPSA) is 57.6 Å². The van der Waals surface area contributed by atoms with Gasteiger partial charge in [-0.1, -0.05) is 24.3 Å². The maximum atomic E-state index is 12.7. The Bertz CT molecular complexity index is 628. The van der Waals surface area contributed by atoms with Crippen LogP contribution in [0.1, 0.15) is 24.0 Å². The van der Waals surface area contributed by atoms with E-state index in [0.717, 1.165) is 12.5 Å². The molecule has 0 bridgehead atoms. The first-order valence-corrected chi connectivity index (χ1v) is 9.05. The average molecular weight is 351 g/mol. The van der Waals surface area contributed by atoms with Crippen molar-refractivity contribution in [2.24, 2.45) is 0 Å². The lowest BCUT2D eigenvalue weighted by Crippen LogP contribution is -2.47. The van der Waals surface area contributed by atoms with Crippen molar-refractivity contribution in [2.75, 3.05) is 25.4 Å². The summed E-state index contributed by atoms with van der Waals surface area (Å²) in [6.45, 7) is 1.75. The van der Waals surface area contributed by atoms with Gasteiger partial charge in [0, 0.05) is 19.6 Å². The molecule has 8 heteroatoms. The van der Waals surface area contributed by atoms with Crippen molar-refractivity contribution in [3.05, 3.63) is 35.4 Å². The summed E-state index contributed by atoms with van der Waals surface area (Å²) in [7, 11) is -3.25. The molecule has 2 unspecified atom stereocenters. The predicted octanol–water partition coefficient (Wildman–Crippen LogP) is 1.94. The van der Waals surface area contributed by atoms with Gasteiger partial charge in [0.15, 0.2) is 9.84 Å². The van der Waals surface area contributed by atoms with Crippen LogP contribution in [-0.4, -0.2) is 55.3 Å². The summed E-state index contributed by atoms with van der Waals surface area (Å²) in [5, 5.41) is 8.38. The van der Waals surface area contributed by atoms with Crippen LogP contribution in [0, 0.1) is 0 Å². The van der Waals surface area contributed by atoms with Gasteiger partial charge in [-0.15, -0.1) is 0 Å². The number of sulfone groups is 1. The molecule has 2 atom stereocenters. The summed E-state index contributed by atoms with van der Waals surface area (Å²) in [5.74, 6) is -1.53. The first kappa shape index (κ1) is 18.2. The molecule has 1 aliphatic heterocycles. The van der Waals surface area contributed by atoms with E-state index < -0.39 is 33.8 Å². The van der Waals surface area contributed by atoms with Gasteiger partial charge in [-0.25, -0.2) is 8.42 Å². The fraction of sp³-hybridized carbons (Fsp3) is 0.600. The zero-order chi connectivity index (χ0) is 17.3. The molecule has 1 heterocycles. The molecule has 1 aromatic carbocycles. The highest BCUT2D eigenvalue weighted by atomic mass is 32.2. The zero-order valence-electron chi connectivity index (χ0n) is 12.8. The number of hydrogen-bond acceptors (Lipinski definition) is 4. The Morgan fingerprint density at radius 2 is 1.91 bits per heavy atom. The third kappa shape index (κ3) is 4.45. The highest BCUT2D eigenvalue weighted by Gasteiger charge is 2.37. The molecule has 0 amide bonds. The third-order valence-corrected chi connectivity index (χ3v) is 6.31. The summed E-state index contributed by atoms with van der Waals surface area (Å²) in [6.07, 6.45) is -4.27. The summed E-state index contributed by atoms with van der Waals surface area (Å²) < 4.78 is 61.5. The minimum Gasteiger partial charge on any atom is -0.395 e. The molecule has 1 fully saturated rings. The van der Waals surface area contributed by atoms with Gasteiger partial charge in [0.1, 0.15) is 0 Å². The van der Waals surface area contributed by atoms with Gasteiger partial charge >= 0.3 is 6.18 Å². The number of hydrogen-bond donors (Lipinski definition) is 1.